The molecule has 2 N–H and O–H groups in total. The van der Waals surface area contributed by atoms with E-state index >= 15 is 0 Å². The van der Waals surface area contributed by atoms with Gasteiger partial charge in [0.25, 0.3) is 0 Å². The van der Waals surface area contributed by atoms with Crippen LogP contribution in [0.2, 0.25) is 0 Å². The average Bonchev–Trinajstić information content (AvgIpc) is 2.86. The van der Waals surface area contributed by atoms with Gasteiger partial charge in [-0.2, -0.15) is 0 Å². The summed E-state index contributed by atoms with van der Waals surface area (Å²) < 4.78 is 0. The van der Waals surface area contributed by atoms with Crippen molar-refractivity contribution >= 4 is 22.4 Å². The van der Waals surface area contributed by atoms with E-state index in [0.717, 1.165) is 25.1 Å². The van der Waals surface area contributed by atoms with Gasteiger partial charge in [-0.15, -0.1) is 11.3 Å². The van der Waals surface area contributed by atoms with Crippen LogP contribution in [0.15, 0.2) is 0 Å². The lowest BCUT2D eigenvalue weighted by Crippen LogP contribution is -2.33. The lowest BCUT2D eigenvalue weighted by molar-refractivity contribution is -0.137. The van der Waals surface area contributed by atoms with Crippen molar-refractivity contribution in [2.45, 2.75) is 45.2 Å². The van der Waals surface area contributed by atoms with Gasteiger partial charge in [-0.1, -0.05) is 19.3 Å². The van der Waals surface area contributed by atoms with Crippen LogP contribution < -0.4 is 5.73 Å². The van der Waals surface area contributed by atoms with Gasteiger partial charge >= 0.3 is 0 Å². The summed E-state index contributed by atoms with van der Waals surface area (Å²) in [6, 6.07) is 0. The second kappa shape index (κ2) is 4.29. The fraction of sp³-hybridized carbons (Fsp3) is 0.667. The summed E-state index contributed by atoms with van der Waals surface area (Å²) >= 11 is 1.52. The first-order chi connectivity index (χ1) is 8.24. The molecular weight excluding hydrogens is 234 g/mol. The third-order valence-electron chi connectivity index (χ3n) is 3.74. The van der Waals surface area contributed by atoms with Crippen molar-refractivity contribution in [2.24, 2.45) is 5.92 Å². The minimum atomic E-state index is 0.259. The molecule has 1 aliphatic heterocycles. The predicted molar refractivity (Wildman–Crippen MR) is 67.4 cm³/mol. The SMILES string of the molecule is Nc1nc2c(s1)CN(C(=O)C1CCCCC1)C2. The number of nitrogens with zero attached hydrogens (tertiary/aromatic N) is 2. The fourth-order valence-corrected chi connectivity index (χ4v) is 3.68. The first-order valence-electron chi connectivity index (χ1n) is 6.27. The predicted octanol–water partition coefficient (Wildman–Crippen LogP) is 2.15. The molecule has 0 aromatic carbocycles. The summed E-state index contributed by atoms with van der Waals surface area (Å²) in [5.74, 6) is 0.587. The van der Waals surface area contributed by atoms with Gasteiger partial charge in [0.15, 0.2) is 5.13 Å². The number of anilines is 1. The highest BCUT2D eigenvalue weighted by Gasteiger charge is 2.31. The number of rotatable bonds is 1. The van der Waals surface area contributed by atoms with Gasteiger partial charge < -0.3 is 10.6 Å². The number of aromatic nitrogens is 1. The third-order valence-corrected chi connectivity index (χ3v) is 4.65. The summed E-state index contributed by atoms with van der Waals surface area (Å²) in [6.45, 7) is 1.39. The van der Waals surface area contributed by atoms with Crippen molar-refractivity contribution in [1.82, 2.24) is 9.88 Å². The van der Waals surface area contributed by atoms with E-state index in [1.807, 2.05) is 4.90 Å². The topological polar surface area (TPSA) is 59.2 Å². The Balaban J connectivity index is 1.67. The molecule has 1 aromatic rings. The molecule has 0 spiro atoms. The number of fused-ring (bicyclic) bond motifs is 1. The molecular formula is C12H17N3OS. The lowest BCUT2D eigenvalue weighted by Gasteiger charge is -2.25. The molecule has 0 radical (unpaired) electrons. The Morgan fingerprint density at radius 2 is 2.06 bits per heavy atom. The highest BCUT2D eigenvalue weighted by Crippen LogP contribution is 2.32. The van der Waals surface area contributed by atoms with Gasteiger partial charge in [0.2, 0.25) is 5.91 Å². The summed E-state index contributed by atoms with van der Waals surface area (Å²) in [5.41, 5.74) is 6.67. The summed E-state index contributed by atoms with van der Waals surface area (Å²) in [6.07, 6.45) is 5.83. The molecule has 2 aliphatic rings. The molecule has 3 rings (SSSR count). The van der Waals surface area contributed by atoms with Crippen molar-refractivity contribution in [3.63, 3.8) is 0 Å². The van der Waals surface area contributed by atoms with Crippen LogP contribution in [-0.4, -0.2) is 15.8 Å². The van der Waals surface area contributed by atoms with Crippen LogP contribution in [0.4, 0.5) is 5.13 Å². The number of hydrogen-bond donors (Lipinski definition) is 1. The molecule has 0 bridgehead atoms. The molecule has 4 nitrogen and oxygen atoms in total. The highest BCUT2D eigenvalue weighted by molar-refractivity contribution is 7.15. The van der Waals surface area contributed by atoms with Gasteiger partial charge in [0, 0.05) is 5.92 Å². The third kappa shape index (κ3) is 2.04. The zero-order chi connectivity index (χ0) is 11.8. The van der Waals surface area contributed by atoms with Gasteiger partial charge in [0.05, 0.1) is 23.7 Å². The Labute approximate surface area is 105 Å². The summed E-state index contributed by atoms with van der Waals surface area (Å²) in [5, 5.41) is 0.625. The van der Waals surface area contributed by atoms with E-state index in [1.54, 1.807) is 0 Å². The largest absolute Gasteiger partial charge is 0.375 e. The summed E-state index contributed by atoms with van der Waals surface area (Å²) in [7, 11) is 0. The molecule has 1 aliphatic carbocycles. The number of carbonyl (C=O) groups excluding carboxylic acids is 1. The van der Waals surface area contributed by atoms with Crippen LogP contribution in [0.25, 0.3) is 0 Å². The molecule has 1 fully saturated rings. The Morgan fingerprint density at radius 3 is 2.76 bits per heavy atom. The zero-order valence-electron chi connectivity index (χ0n) is 9.82. The average molecular weight is 251 g/mol. The van der Waals surface area contributed by atoms with Gasteiger partial charge in [-0.25, -0.2) is 4.98 Å². The smallest absolute Gasteiger partial charge is 0.226 e. The van der Waals surface area contributed by atoms with Crippen molar-refractivity contribution < 1.29 is 4.79 Å². The van der Waals surface area contributed by atoms with E-state index in [0.29, 0.717) is 17.6 Å². The van der Waals surface area contributed by atoms with Crippen LogP contribution in [-0.2, 0) is 17.9 Å². The fourth-order valence-electron chi connectivity index (χ4n) is 2.82. The first kappa shape index (κ1) is 11.0. The quantitative estimate of drug-likeness (QED) is 0.832. The molecule has 1 amide bonds. The van der Waals surface area contributed by atoms with E-state index in [9.17, 15) is 4.79 Å². The Kier molecular flexibility index (Phi) is 2.78. The maximum absolute atomic E-state index is 12.3. The van der Waals surface area contributed by atoms with Gasteiger partial charge in [0.1, 0.15) is 0 Å². The van der Waals surface area contributed by atoms with E-state index in [1.165, 1.54) is 35.5 Å². The Hall–Kier alpha value is -1.10. The molecule has 0 unspecified atom stereocenters. The van der Waals surface area contributed by atoms with Crippen LogP contribution in [0, 0.1) is 5.92 Å². The first-order valence-corrected chi connectivity index (χ1v) is 7.08. The zero-order valence-corrected chi connectivity index (χ0v) is 10.6. The van der Waals surface area contributed by atoms with Crippen molar-refractivity contribution in [2.75, 3.05) is 5.73 Å². The molecule has 1 saturated carbocycles. The maximum Gasteiger partial charge on any atom is 0.226 e. The number of amides is 1. The molecule has 1 aromatic heterocycles. The summed E-state index contributed by atoms with van der Waals surface area (Å²) in [4.78, 5) is 19.7. The monoisotopic (exact) mass is 251 g/mol. The van der Waals surface area contributed by atoms with Crippen molar-refractivity contribution in [1.29, 1.82) is 0 Å². The molecule has 17 heavy (non-hydrogen) atoms. The van der Waals surface area contributed by atoms with Crippen LogP contribution in [0.1, 0.15) is 42.7 Å². The number of thiazole rings is 1. The van der Waals surface area contributed by atoms with E-state index in [4.69, 9.17) is 5.73 Å². The number of nitrogen functional groups attached to an aromatic ring is 1. The van der Waals surface area contributed by atoms with Crippen molar-refractivity contribution in [3.05, 3.63) is 10.6 Å². The van der Waals surface area contributed by atoms with Gasteiger partial charge in [-0.05, 0) is 12.8 Å². The normalized spacial score (nSPS) is 20.6. The van der Waals surface area contributed by atoms with E-state index in [2.05, 4.69) is 4.98 Å². The Bertz CT molecular complexity index is 413. The minimum Gasteiger partial charge on any atom is -0.375 e. The number of hydrogen-bond acceptors (Lipinski definition) is 4. The maximum atomic E-state index is 12.3. The molecule has 0 saturated heterocycles. The molecule has 92 valence electrons. The highest BCUT2D eigenvalue weighted by atomic mass is 32.1. The number of carbonyl (C=O) groups is 1. The van der Waals surface area contributed by atoms with Gasteiger partial charge in [-0.3, -0.25) is 4.79 Å². The van der Waals surface area contributed by atoms with Crippen LogP contribution in [0.3, 0.4) is 0 Å². The Morgan fingerprint density at radius 1 is 1.29 bits per heavy atom. The van der Waals surface area contributed by atoms with Crippen molar-refractivity contribution in [3.8, 4) is 0 Å². The molecule has 5 heteroatoms. The standard InChI is InChI=1S/C12H17N3OS/c13-12-14-9-6-15(7-10(9)17-12)11(16)8-4-2-1-3-5-8/h8H,1-7H2,(H2,13,14). The molecule has 0 atom stereocenters. The van der Waals surface area contributed by atoms with Crippen LogP contribution >= 0.6 is 11.3 Å². The second-order valence-corrected chi connectivity index (χ2v) is 6.07. The van der Waals surface area contributed by atoms with Crippen LogP contribution in [0.5, 0.6) is 0 Å². The minimum absolute atomic E-state index is 0.259. The van der Waals surface area contributed by atoms with E-state index < -0.39 is 0 Å². The second-order valence-electron chi connectivity index (χ2n) is 4.95. The number of nitrogens with two attached hydrogens (primary N) is 1. The van der Waals surface area contributed by atoms with E-state index in [-0.39, 0.29) is 5.92 Å². The lowest BCUT2D eigenvalue weighted by atomic mass is 9.88. The molecule has 2 heterocycles.